The van der Waals surface area contributed by atoms with E-state index in [1.54, 1.807) is 20.3 Å². The van der Waals surface area contributed by atoms with Crippen LogP contribution in [0.1, 0.15) is 26.2 Å². The summed E-state index contributed by atoms with van der Waals surface area (Å²) in [5.41, 5.74) is 0. The van der Waals surface area contributed by atoms with Crippen LogP contribution in [-0.4, -0.2) is 41.2 Å². The van der Waals surface area contributed by atoms with Gasteiger partial charge in [-0.15, -0.1) is 0 Å². The van der Waals surface area contributed by atoms with E-state index in [2.05, 4.69) is 22.2 Å². The molecule has 1 aromatic rings. The molecule has 1 fully saturated rings. The standard InChI is InChI=1S/C13H21N3O2S/c1-4-19-10-6-5-9(7-10)14-13-15-11(17-2)8-12(16-13)18-3/h8-10H,4-7H2,1-3H3,(H,14,15,16). The van der Waals surface area contributed by atoms with Gasteiger partial charge in [0, 0.05) is 11.3 Å². The predicted molar refractivity (Wildman–Crippen MR) is 78.3 cm³/mol. The number of ether oxygens (including phenoxy) is 2. The number of hydrogen-bond donors (Lipinski definition) is 1. The summed E-state index contributed by atoms with van der Waals surface area (Å²) in [5, 5.41) is 4.14. The first-order valence-electron chi connectivity index (χ1n) is 6.60. The van der Waals surface area contributed by atoms with E-state index in [0.29, 0.717) is 23.8 Å². The van der Waals surface area contributed by atoms with Crippen LogP contribution < -0.4 is 14.8 Å². The van der Waals surface area contributed by atoms with Gasteiger partial charge in [-0.25, -0.2) is 0 Å². The van der Waals surface area contributed by atoms with Crippen molar-refractivity contribution in [2.45, 2.75) is 37.5 Å². The minimum absolute atomic E-state index is 0.445. The molecule has 2 unspecified atom stereocenters. The summed E-state index contributed by atoms with van der Waals surface area (Å²) in [7, 11) is 3.18. The number of nitrogens with zero attached hydrogens (tertiary/aromatic N) is 2. The zero-order valence-corrected chi connectivity index (χ0v) is 12.5. The lowest BCUT2D eigenvalue weighted by atomic mass is 10.2. The van der Waals surface area contributed by atoms with Crippen LogP contribution in [0.5, 0.6) is 11.8 Å². The summed E-state index contributed by atoms with van der Waals surface area (Å²) < 4.78 is 10.3. The van der Waals surface area contributed by atoms with E-state index in [4.69, 9.17) is 9.47 Å². The van der Waals surface area contributed by atoms with Gasteiger partial charge in [-0.2, -0.15) is 21.7 Å². The SMILES string of the molecule is CCSC1CCC(Nc2nc(OC)cc(OC)n2)C1. The highest BCUT2D eigenvalue weighted by Crippen LogP contribution is 2.31. The molecule has 1 aliphatic rings. The highest BCUT2D eigenvalue weighted by atomic mass is 32.2. The van der Waals surface area contributed by atoms with Crippen LogP contribution in [-0.2, 0) is 0 Å². The molecule has 0 amide bonds. The molecule has 0 aromatic carbocycles. The zero-order chi connectivity index (χ0) is 13.7. The Morgan fingerprint density at radius 3 is 2.53 bits per heavy atom. The van der Waals surface area contributed by atoms with E-state index in [-0.39, 0.29) is 0 Å². The number of nitrogens with one attached hydrogen (secondary N) is 1. The monoisotopic (exact) mass is 283 g/mol. The molecule has 106 valence electrons. The van der Waals surface area contributed by atoms with E-state index in [0.717, 1.165) is 5.25 Å². The second-order valence-electron chi connectivity index (χ2n) is 4.51. The lowest BCUT2D eigenvalue weighted by Gasteiger charge is -2.14. The van der Waals surface area contributed by atoms with Crippen molar-refractivity contribution in [3.63, 3.8) is 0 Å². The Hall–Kier alpha value is -1.17. The van der Waals surface area contributed by atoms with E-state index >= 15 is 0 Å². The number of anilines is 1. The molecular formula is C13H21N3O2S. The summed E-state index contributed by atoms with van der Waals surface area (Å²) in [6.07, 6.45) is 3.60. The average molecular weight is 283 g/mol. The molecule has 1 N–H and O–H groups in total. The van der Waals surface area contributed by atoms with Crippen molar-refractivity contribution in [3.05, 3.63) is 6.07 Å². The number of thioether (sulfide) groups is 1. The molecule has 0 saturated heterocycles. The lowest BCUT2D eigenvalue weighted by molar-refractivity contribution is 0.372. The van der Waals surface area contributed by atoms with Gasteiger partial charge in [-0.1, -0.05) is 6.92 Å². The third kappa shape index (κ3) is 3.89. The first kappa shape index (κ1) is 14.2. The van der Waals surface area contributed by atoms with Gasteiger partial charge in [0.05, 0.1) is 20.3 Å². The van der Waals surface area contributed by atoms with Gasteiger partial charge in [-0.05, 0) is 25.0 Å². The van der Waals surface area contributed by atoms with Gasteiger partial charge >= 0.3 is 0 Å². The van der Waals surface area contributed by atoms with Gasteiger partial charge in [0.2, 0.25) is 17.7 Å². The second-order valence-corrected chi connectivity index (χ2v) is 6.09. The minimum Gasteiger partial charge on any atom is -0.481 e. The van der Waals surface area contributed by atoms with Gasteiger partial charge in [-0.3, -0.25) is 0 Å². The maximum Gasteiger partial charge on any atom is 0.229 e. The van der Waals surface area contributed by atoms with Gasteiger partial charge < -0.3 is 14.8 Å². The molecule has 6 heteroatoms. The fraction of sp³-hybridized carbons (Fsp3) is 0.692. The summed E-state index contributed by atoms with van der Waals surface area (Å²) in [6, 6.07) is 2.12. The maximum atomic E-state index is 5.15. The molecule has 1 aromatic heterocycles. The topological polar surface area (TPSA) is 56.3 Å². The first-order chi connectivity index (χ1) is 9.25. The van der Waals surface area contributed by atoms with Crippen molar-refractivity contribution in [2.24, 2.45) is 0 Å². The number of aromatic nitrogens is 2. The van der Waals surface area contributed by atoms with Crippen molar-refractivity contribution < 1.29 is 9.47 Å². The molecule has 2 rings (SSSR count). The van der Waals surface area contributed by atoms with E-state index in [9.17, 15) is 0 Å². The van der Waals surface area contributed by atoms with Crippen molar-refractivity contribution in [1.29, 1.82) is 0 Å². The zero-order valence-electron chi connectivity index (χ0n) is 11.7. The third-order valence-corrected chi connectivity index (χ3v) is 4.45. The fourth-order valence-electron chi connectivity index (χ4n) is 2.32. The average Bonchev–Trinajstić information content (AvgIpc) is 2.86. The summed E-state index contributed by atoms with van der Waals surface area (Å²) in [6.45, 7) is 2.21. The van der Waals surface area contributed by atoms with E-state index in [1.165, 1.54) is 25.0 Å². The fourth-order valence-corrected chi connectivity index (χ4v) is 3.46. The molecule has 2 atom stereocenters. The second kappa shape index (κ2) is 6.84. The number of hydrogen-bond acceptors (Lipinski definition) is 6. The van der Waals surface area contributed by atoms with Gasteiger partial charge in [0.1, 0.15) is 0 Å². The Morgan fingerprint density at radius 1 is 1.26 bits per heavy atom. The quantitative estimate of drug-likeness (QED) is 0.866. The van der Waals surface area contributed by atoms with Crippen LogP contribution in [0.15, 0.2) is 6.07 Å². The third-order valence-electron chi connectivity index (χ3n) is 3.22. The molecule has 0 radical (unpaired) electrons. The lowest BCUT2D eigenvalue weighted by Crippen LogP contribution is -2.18. The van der Waals surface area contributed by atoms with Crippen LogP contribution in [0.2, 0.25) is 0 Å². The van der Waals surface area contributed by atoms with E-state index in [1.807, 2.05) is 11.8 Å². The highest BCUT2D eigenvalue weighted by molar-refractivity contribution is 7.99. The summed E-state index contributed by atoms with van der Waals surface area (Å²) in [5.74, 6) is 2.81. The minimum atomic E-state index is 0.445. The van der Waals surface area contributed by atoms with Gasteiger partial charge in [0.25, 0.3) is 0 Å². The van der Waals surface area contributed by atoms with E-state index < -0.39 is 0 Å². The number of rotatable bonds is 6. The smallest absolute Gasteiger partial charge is 0.229 e. The molecule has 0 spiro atoms. The normalized spacial score (nSPS) is 22.3. The van der Waals surface area contributed by atoms with Crippen LogP contribution in [0.3, 0.4) is 0 Å². The molecule has 1 saturated carbocycles. The summed E-state index contributed by atoms with van der Waals surface area (Å²) in [4.78, 5) is 8.61. The molecule has 0 aliphatic heterocycles. The maximum absolute atomic E-state index is 5.15. The Kier molecular flexibility index (Phi) is 5.13. The predicted octanol–water partition coefficient (Wildman–Crippen LogP) is 2.58. The van der Waals surface area contributed by atoms with Crippen molar-refractivity contribution in [1.82, 2.24) is 9.97 Å². The Balaban J connectivity index is 1.99. The van der Waals surface area contributed by atoms with Crippen molar-refractivity contribution in [3.8, 4) is 11.8 Å². The molecule has 5 nitrogen and oxygen atoms in total. The van der Waals surface area contributed by atoms with Crippen LogP contribution in [0, 0.1) is 0 Å². The van der Waals surface area contributed by atoms with Gasteiger partial charge in [0.15, 0.2) is 0 Å². The summed E-state index contributed by atoms with van der Waals surface area (Å²) >= 11 is 2.04. The molecule has 1 heterocycles. The Morgan fingerprint density at radius 2 is 1.95 bits per heavy atom. The molecule has 1 aliphatic carbocycles. The van der Waals surface area contributed by atoms with Crippen LogP contribution >= 0.6 is 11.8 Å². The highest BCUT2D eigenvalue weighted by Gasteiger charge is 2.25. The first-order valence-corrected chi connectivity index (χ1v) is 7.65. The van der Waals surface area contributed by atoms with Crippen LogP contribution in [0.25, 0.3) is 0 Å². The van der Waals surface area contributed by atoms with Crippen LogP contribution in [0.4, 0.5) is 5.95 Å². The van der Waals surface area contributed by atoms with Crippen molar-refractivity contribution >= 4 is 17.7 Å². The molecular weight excluding hydrogens is 262 g/mol. The van der Waals surface area contributed by atoms with Crippen molar-refractivity contribution in [2.75, 3.05) is 25.3 Å². The Bertz CT molecular complexity index is 395. The number of methoxy groups -OCH3 is 2. The molecule has 0 bridgehead atoms. The molecule has 19 heavy (non-hydrogen) atoms. The Labute approximate surface area is 118 Å². The largest absolute Gasteiger partial charge is 0.481 e.